The highest BCUT2D eigenvalue weighted by Gasteiger charge is 2.17. The van der Waals surface area contributed by atoms with Gasteiger partial charge in [0, 0.05) is 6.42 Å². The van der Waals surface area contributed by atoms with Crippen molar-refractivity contribution in [3.63, 3.8) is 0 Å². The molecule has 3 N–H and O–H groups in total. The highest BCUT2D eigenvalue weighted by molar-refractivity contribution is 5.76. The van der Waals surface area contributed by atoms with Crippen LogP contribution in [0.2, 0.25) is 0 Å². The van der Waals surface area contributed by atoms with E-state index in [4.69, 9.17) is 0 Å². The fraction of sp³-hybridized carbons (Fsp3) is 0.638. The molecule has 0 saturated heterocycles. The van der Waals surface area contributed by atoms with Gasteiger partial charge in [0.05, 0.1) is 18.8 Å². The molecular weight excluding hydrogens is 891 g/mol. The third kappa shape index (κ3) is 59.0. The lowest BCUT2D eigenvalue weighted by atomic mass is 10.0. The second kappa shape index (κ2) is 62.6. The van der Waals surface area contributed by atoms with Crippen molar-refractivity contribution in [1.82, 2.24) is 5.32 Å². The zero-order valence-electron chi connectivity index (χ0n) is 47.6. The Morgan fingerprint density at radius 3 is 0.959 bits per heavy atom. The largest absolute Gasteiger partial charge is 0.394 e. The fourth-order valence-electron chi connectivity index (χ4n) is 8.45. The minimum atomic E-state index is -0.908. The van der Waals surface area contributed by atoms with Crippen molar-refractivity contribution in [2.24, 2.45) is 0 Å². The highest BCUT2D eigenvalue weighted by Crippen LogP contribution is 2.16. The number of aliphatic hydroxyl groups is 2. The van der Waals surface area contributed by atoms with Crippen LogP contribution in [-0.4, -0.2) is 34.9 Å². The molecule has 2 atom stereocenters. The normalized spacial score (nSPS) is 13.9. The maximum Gasteiger partial charge on any atom is 0.220 e. The topological polar surface area (TPSA) is 69.6 Å². The average Bonchev–Trinajstić information content (AvgIpc) is 3.40. The first kappa shape index (κ1) is 69.3. The monoisotopic (exact) mass is 1010 g/mol. The molecule has 0 rings (SSSR count). The number of unbranched alkanes of at least 4 members (excludes halogenated alkanes) is 25. The molecule has 0 bridgehead atoms. The number of hydrogen-bond acceptors (Lipinski definition) is 3. The van der Waals surface area contributed by atoms with Crippen LogP contribution in [0.5, 0.6) is 0 Å². The van der Waals surface area contributed by atoms with Crippen molar-refractivity contribution in [2.45, 2.75) is 276 Å². The summed E-state index contributed by atoms with van der Waals surface area (Å²) in [4.78, 5) is 12.5. The van der Waals surface area contributed by atoms with Gasteiger partial charge in [-0.05, 0) is 109 Å². The molecule has 0 aliphatic rings. The maximum absolute atomic E-state index is 12.5. The second-order valence-electron chi connectivity index (χ2n) is 20.0. The van der Waals surface area contributed by atoms with Gasteiger partial charge >= 0.3 is 0 Å². The highest BCUT2D eigenvalue weighted by atomic mass is 16.3. The van der Waals surface area contributed by atoms with E-state index in [0.29, 0.717) is 6.42 Å². The van der Waals surface area contributed by atoms with Gasteiger partial charge in [-0.3, -0.25) is 4.79 Å². The molecule has 4 nitrogen and oxygen atoms in total. The molecule has 4 heteroatoms. The third-order valence-corrected chi connectivity index (χ3v) is 13.0. The minimum Gasteiger partial charge on any atom is -0.394 e. The van der Waals surface area contributed by atoms with E-state index in [0.717, 1.165) is 96.3 Å². The summed E-state index contributed by atoms with van der Waals surface area (Å²) in [5.74, 6) is -0.140. The quantitative estimate of drug-likeness (QED) is 0.0420. The van der Waals surface area contributed by atoms with Crippen LogP contribution in [0.25, 0.3) is 0 Å². The van der Waals surface area contributed by atoms with E-state index in [2.05, 4.69) is 153 Å². The summed E-state index contributed by atoms with van der Waals surface area (Å²) < 4.78 is 0. The predicted molar refractivity (Wildman–Crippen MR) is 326 cm³/mol. The zero-order valence-corrected chi connectivity index (χ0v) is 47.6. The molecule has 0 fully saturated rings. The summed E-state index contributed by atoms with van der Waals surface area (Å²) in [6.07, 6.45) is 98.9. The van der Waals surface area contributed by atoms with Crippen LogP contribution in [0.4, 0.5) is 0 Å². The molecular formula is C69H115NO3. The lowest BCUT2D eigenvalue weighted by Gasteiger charge is -2.19. The van der Waals surface area contributed by atoms with E-state index in [9.17, 15) is 15.0 Å². The summed E-state index contributed by atoms with van der Waals surface area (Å²) in [7, 11) is 0. The zero-order chi connectivity index (χ0) is 52.7. The summed E-state index contributed by atoms with van der Waals surface area (Å²) in [5, 5.41) is 23.1. The Morgan fingerprint density at radius 1 is 0.342 bits per heavy atom. The van der Waals surface area contributed by atoms with Crippen molar-refractivity contribution in [1.29, 1.82) is 0 Å². The molecule has 0 heterocycles. The van der Waals surface area contributed by atoms with E-state index < -0.39 is 12.1 Å². The summed E-state index contributed by atoms with van der Waals surface area (Å²) in [5.41, 5.74) is 0. The van der Waals surface area contributed by atoms with Gasteiger partial charge in [0.2, 0.25) is 5.91 Å². The number of rotatable bonds is 54. The molecule has 2 unspecified atom stereocenters. The smallest absolute Gasteiger partial charge is 0.220 e. The van der Waals surface area contributed by atoms with E-state index in [-0.39, 0.29) is 12.5 Å². The standard InChI is InChI=1S/C69H115NO3/c1-3-5-7-9-11-13-15-17-19-21-23-25-27-29-31-33-34-35-37-38-40-42-44-46-48-50-52-54-56-58-60-62-64-68(72)67(66-71)70-69(73)65-63-61-59-57-55-53-51-49-47-45-43-41-39-36-32-30-28-26-24-22-20-18-16-14-12-10-8-6-4-2/h6,8,12,14,18,20,24,26,30,32,39,41,45-48,51,53-54,56-57,59,62,64,67-68,71-72H,3-5,7,9-11,13,15-17,19,21-23,25,27-29,31,33-38,40,42-44,49-50,52,55,58,60-61,63,65-66H2,1-2H3,(H,70,73)/b8-6-,14-12-,20-18-,26-24-,32-30-,41-39-,47-45-,48-46+,53-51-,56-54+,59-57-,64-62+. The maximum atomic E-state index is 12.5. The summed E-state index contributed by atoms with van der Waals surface area (Å²) in [6.45, 7) is 4.16. The molecule has 0 aromatic rings. The Labute approximate surface area is 453 Å². The van der Waals surface area contributed by atoms with Gasteiger partial charge in [0.25, 0.3) is 0 Å². The van der Waals surface area contributed by atoms with Gasteiger partial charge in [-0.2, -0.15) is 0 Å². The van der Waals surface area contributed by atoms with Gasteiger partial charge < -0.3 is 15.5 Å². The van der Waals surface area contributed by atoms with Gasteiger partial charge in [-0.1, -0.05) is 295 Å². The predicted octanol–water partition coefficient (Wildman–Crippen LogP) is 20.8. The Balaban J connectivity index is 3.70. The number of amides is 1. The first-order chi connectivity index (χ1) is 36.2. The van der Waals surface area contributed by atoms with Crippen LogP contribution in [0.3, 0.4) is 0 Å². The van der Waals surface area contributed by atoms with Crippen molar-refractivity contribution in [3.8, 4) is 0 Å². The van der Waals surface area contributed by atoms with Crippen molar-refractivity contribution < 1.29 is 15.0 Å². The first-order valence-corrected chi connectivity index (χ1v) is 30.5. The summed E-state index contributed by atoms with van der Waals surface area (Å²) in [6, 6.07) is -0.690. The lowest BCUT2D eigenvalue weighted by molar-refractivity contribution is -0.122. The van der Waals surface area contributed by atoms with Gasteiger partial charge in [0.1, 0.15) is 0 Å². The molecule has 0 aromatic carbocycles. The van der Waals surface area contributed by atoms with Crippen LogP contribution in [0.1, 0.15) is 264 Å². The van der Waals surface area contributed by atoms with E-state index in [1.165, 1.54) is 148 Å². The van der Waals surface area contributed by atoms with Crippen LogP contribution in [-0.2, 0) is 4.79 Å². The third-order valence-electron chi connectivity index (χ3n) is 13.0. The second-order valence-corrected chi connectivity index (χ2v) is 20.0. The molecule has 0 aliphatic heterocycles. The number of carbonyl (C=O) groups excluding carboxylic acids is 1. The Bertz CT molecular complexity index is 1510. The van der Waals surface area contributed by atoms with E-state index in [1.54, 1.807) is 6.08 Å². The lowest BCUT2D eigenvalue weighted by Crippen LogP contribution is -2.45. The van der Waals surface area contributed by atoms with Crippen LogP contribution >= 0.6 is 0 Å². The van der Waals surface area contributed by atoms with Crippen molar-refractivity contribution in [3.05, 3.63) is 146 Å². The van der Waals surface area contributed by atoms with Crippen molar-refractivity contribution >= 4 is 5.91 Å². The number of aliphatic hydroxyl groups excluding tert-OH is 2. The molecule has 0 aromatic heterocycles. The molecule has 0 radical (unpaired) electrons. The number of hydrogen-bond donors (Lipinski definition) is 3. The number of allylic oxidation sites excluding steroid dienone is 23. The molecule has 0 saturated carbocycles. The molecule has 414 valence electrons. The number of carbonyl (C=O) groups is 1. The van der Waals surface area contributed by atoms with Gasteiger partial charge in [0.15, 0.2) is 0 Å². The average molecular weight is 1010 g/mol. The molecule has 0 aliphatic carbocycles. The Morgan fingerprint density at radius 2 is 0.616 bits per heavy atom. The molecule has 73 heavy (non-hydrogen) atoms. The van der Waals surface area contributed by atoms with Crippen LogP contribution in [0.15, 0.2) is 146 Å². The van der Waals surface area contributed by atoms with Crippen LogP contribution < -0.4 is 5.32 Å². The molecule has 1 amide bonds. The van der Waals surface area contributed by atoms with Crippen molar-refractivity contribution in [2.75, 3.05) is 6.61 Å². The fourth-order valence-corrected chi connectivity index (χ4v) is 8.45. The van der Waals surface area contributed by atoms with E-state index >= 15 is 0 Å². The van der Waals surface area contributed by atoms with Gasteiger partial charge in [-0.25, -0.2) is 0 Å². The van der Waals surface area contributed by atoms with E-state index in [1.807, 2.05) is 6.08 Å². The number of nitrogens with one attached hydrogen (secondary N) is 1. The Hall–Kier alpha value is -3.73. The minimum absolute atomic E-state index is 0.140. The first-order valence-electron chi connectivity index (χ1n) is 30.5. The Kier molecular flexibility index (Phi) is 59.4. The summed E-state index contributed by atoms with van der Waals surface area (Å²) >= 11 is 0. The SMILES string of the molecule is CC/C=C\C/C=C\C/C=C\C/C=C\C/C=C\C/C=C\C/C=C\C/C=C\C/C=C\CCCC(=O)NC(CO)C(O)/C=C/CC/C=C/CC/C=C/CCCCCCCCCCCCCCCCCCCCCCCC. The molecule has 0 spiro atoms. The van der Waals surface area contributed by atoms with Gasteiger partial charge in [-0.15, -0.1) is 0 Å². The van der Waals surface area contributed by atoms with Crippen LogP contribution in [0, 0.1) is 0 Å².